The molecule has 0 bridgehead atoms. The summed E-state index contributed by atoms with van der Waals surface area (Å²) in [5.41, 5.74) is 5.63. The zero-order chi connectivity index (χ0) is 11.8. The molecule has 1 aliphatic heterocycles. The number of morpholine rings is 1. The van der Waals surface area contributed by atoms with Crippen LogP contribution in [0.4, 0.5) is 0 Å². The highest BCUT2D eigenvalue weighted by atomic mass is 16.5. The highest BCUT2D eigenvalue weighted by molar-refractivity contribution is 5.81. The van der Waals surface area contributed by atoms with Gasteiger partial charge in [-0.05, 0) is 6.42 Å². The normalized spacial score (nSPS) is 19.1. The highest BCUT2D eigenvalue weighted by Crippen LogP contribution is 1.95. The lowest BCUT2D eigenvalue weighted by atomic mass is 10.2. The van der Waals surface area contributed by atoms with Crippen molar-refractivity contribution in [3.8, 4) is 0 Å². The van der Waals surface area contributed by atoms with Crippen LogP contribution in [-0.2, 0) is 9.53 Å². The van der Waals surface area contributed by atoms with Gasteiger partial charge in [-0.1, -0.05) is 6.08 Å². The quantitative estimate of drug-likeness (QED) is 0.591. The van der Waals surface area contributed by atoms with Crippen LogP contribution in [0.5, 0.6) is 0 Å². The largest absolute Gasteiger partial charge is 0.379 e. The number of amides is 1. The molecule has 16 heavy (non-hydrogen) atoms. The number of nitrogens with one attached hydrogen (secondary N) is 1. The van der Waals surface area contributed by atoms with Crippen LogP contribution in [0.2, 0.25) is 0 Å². The lowest BCUT2D eigenvalue weighted by Crippen LogP contribution is -2.45. The second kappa shape index (κ2) is 7.38. The molecular formula is C11H21N3O2. The Morgan fingerprint density at radius 1 is 1.56 bits per heavy atom. The zero-order valence-corrected chi connectivity index (χ0v) is 9.65. The Balaban J connectivity index is 2.09. The first kappa shape index (κ1) is 13.2. The minimum Gasteiger partial charge on any atom is -0.379 e. The Labute approximate surface area is 96.6 Å². The van der Waals surface area contributed by atoms with Crippen LogP contribution in [-0.4, -0.2) is 56.2 Å². The summed E-state index contributed by atoms with van der Waals surface area (Å²) >= 11 is 0. The maximum Gasteiger partial charge on any atom is 0.237 e. The molecule has 5 heteroatoms. The Morgan fingerprint density at radius 2 is 2.25 bits per heavy atom. The second-order valence-corrected chi connectivity index (χ2v) is 3.88. The minimum absolute atomic E-state index is 0.104. The van der Waals surface area contributed by atoms with Crippen molar-refractivity contribution in [1.82, 2.24) is 10.2 Å². The van der Waals surface area contributed by atoms with Crippen LogP contribution in [0.3, 0.4) is 0 Å². The Morgan fingerprint density at radius 3 is 2.88 bits per heavy atom. The SMILES string of the molecule is C=CCC(N)C(=O)NCCN1CCOCC1. The van der Waals surface area contributed by atoms with Gasteiger partial charge in [0.15, 0.2) is 0 Å². The van der Waals surface area contributed by atoms with E-state index in [2.05, 4.69) is 16.8 Å². The number of nitrogens with zero attached hydrogens (tertiary/aromatic N) is 1. The summed E-state index contributed by atoms with van der Waals surface area (Å²) in [7, 11) is 0. The van der Waals surface area contributed by atoms with Gasteiger partial charge >= 0.3 is 0 Å². The van der Waals surface area contributed by atoms with Crippen LogP contribution in [0.1, 0.15) is 6.42 Å². The molecule has 0 aromatic heterocycles. The lowest BCUT2D eigenvalue weighted by molar-refractivity contribution is -0.122. The molecule has 1 amide bonds. The van der Waals surface area contributed by atoms with E-state index in [1.807, 2.05) is 0 Å². The molecule has 0 aromatic carbocycles. The van der Waals surface area contributed by atoms with E-state index in [0.717, 1.165) is 32.8 Å². The first-order valence-electron chi connectivity index (χ1n) is 5.68. The Bertz CT molecular complexity index is 227. The molecule has 3 N–H and O–H groups in total. The third-order valence-electron chi connectivity index (χ3n) is 2.59. The number of nitrogens with two attached hydrogens (primary N) is 1. The molecule has 5 nitrogen and oxygen atoms in total. The summed E-state index contributed by atoms with van der Waals surface area (Å²) in [5.74, 6) is -0.104. The predicted molar refractivity (Wildman–Crippen MR) is 63.1 cm³/mol. The van der Waals surface area contributed by atoms with Crippen molar-refractivity contribution < 1.29 is 9.53 Å². The molecule has 1 fully saturated rings. The van der Waals surface area contributed by atoms with Gasteiger partial charge < -0.3 is 15.8 Å². The molecule has 1 aliphatic rings. The molecule has 1 heterocycles. The average molecular weight is 227 g/mol. The van der Waals surface area contributed by atoms with Gasteiger partial charge in [-0.3, -0.25) is 9.69 Å². The first-order valence-corrected chi connectivity index (χ1v) is 5.68. The van der Waals surface area contributed by atoms with Crippen molar-refractivity contribution in [1.29, 1.82) is 0 Å². The number of hydrogen-bond donors (Lipinski definition) is 2. The molecule has 0 aliphatic carbocycles. The van der Waals surface area contributed by atoms with Crippen molar-refractivity contribution in [2.75, 3.05) is 39.4 Å². The van der Waals surface area contributed by atoms with E-state index in [9.17, 15) is 4.79 Å². The van der Waals surface area contributed by atoms with Gasteiger partial charge in [-0.25, -0.2) is 0 Å². The van der Waals surface area contributed by atoms with Crippen molar-refractivity contribution in [3.05, 3.63) is 12.7 Å². The van der Waals surface area contributed by atoms with Gasteiger partial charge in [0.25, 0.3) is 0 Å². The standard InChI is InChI=1S/C11H21N3O2/c1-2-3-10(12)11(15)13-4-5-14-6-8-16-9-7-14/h2,10H,1,3-9,12H2,(H,13,15). The van der Waals surface area contributed by atoms with Crippen molar-refractivity contribution >= 4 is 5.91 Å². The van der Waals surface area contributed by atoms with E-state index in [4.69, 9.17) is 10.5 Å². The van der Waals surface area contributed by atoms with Crippen LogP contribution in [0.15, 0.2) is 12.7 Å². The van der Waals surface area contributed by atoms with Crippen LogP contribution < -0.4 is 11.1 Å². The van der Waals surface area contributed by atoms with Crippen molar-refractivity contribution in [2.24, 2.45) is 5.73 Å². The molecule has 1 rings (SSSR count). The summed E-state index contributed by atoms with van der Waals surface area (Å²) in [6.45, 7) is 8.50. The summed E-state index contributed by atoms with van der Waals surface area (Å²) < 4.78 is 5.24. The van der Waals surface area contributed by atoms with Crippen LogP contribution in [0, 0.1) is 0 Å². The molecule has 0 radical (unpaired) electrons. The van der Waals surface area contributed by atoms with Gasteiger partial charge in [0, 0.05) is 26.2 Å². The second-order valence-electron chi connectivity index (χ2n) is 3.88. The van der Waals surface area contributed by atoms with E-state index in [0.29, 0.717) is 13.0 Å². The van der Waals surface area contributed by atoms with Gasteiger partial charge in [0.2, 0.25) is 5.91 Å². The maximum absolute atomic E-state index is 11.4. The van der Waals surface area contributed by atoms with Crippen LogP contribution >= 0.6 is 0 Å². The summed E-state index contributed by atoms with van der Waals surface area (Å²) in [4.78, 5) is 13.7. The Hall–Kier alpha value is -0.910. The molecule has 0 aromatic rings. The number of carbonyl (C=O) groups is 1. The number of ether oxygens (including phenoxy) is 1. The molecule has 1 atom stereocenters. The number of hydrogen-bond acceptors (Lipinski definition) is 4. The van der Waals surface area contributed by atoms with Gasteiger partial charge in [-0.15, -0.1) is 6.58 Å². The van der Waals surface area contributed by atoms with Crippen molar-refractivity contribution in [2.45, 2.75) is 12.5 Å². The summed E-state index contributed by atoms with van der Waals surface area (Å²) in [6.07, 6.45) is 2.18. The number of rotatable bonds is 6. The van der Waals surface area contributed by atoms with E-state index in [1.165, 1.54) is 0 Å². The van der Waals surface area contributed by atoms with E-state index < -0.39 is 6.04 Å². The highest BCUT2D eigenvalue weighted by Gasteiger charge is 2.13. The average Bonchev–Trinajstić information content (AvgIpc) is 2.30. The molecule has 0 spiro atoms. The van der Waals surface area contributed by atoms with E-state index in [1.54, 1.807) is 6.08 Å². The van der Waals surface area contributed by atoms with Crippen molar-refractivity contribution in [3.63, 3.8) is 0 Å². The fraction of sp³-hybridized carbons (Fsp3) is 0.727. The predicted octanol–water partition coefficient (Wildman–Crippen LogP) is -0.662. The summed E-state index contributed by atoms with van der Waals surface area (Å²) in [5, 5.41) is 2.82. The molecule has 0 saturated carbocycles. The fourth-order valence-corrected chi connectivity index (χ4v) is 1.58. The molecular weight excluding hydrogens is 206 g/mol. The minimum atomic E-state index is -0.470. The Kier molecular flexibility index (Phi) is 6.07. The first-order chi connectivity index (χ1) is 7.74. The lowest BCUT2D eigenvalue weighted by Gasteiger charge is -2.26. The third-order valence-corrected chi connectivity index (χ3v) is 2.59. The summed E-state index contributed by atoms with van der Waals surface area (Å²) in [6, 6.07) is -0.470. The fourth-order valence-electron chi connectivity index (χ4n) is 1.58. The molecule has 92 valence electrons. The number of carbonyl (C=O) groups excluding carboxylic acids is 1. The third kappa shape index (κ3) is 4.74. The zero-order valence-electron chi connectivity index (χ0n) is 9.65. The van der Waals surface area contributed by atoms with Crippen LogP contribution in [0.25, 0.3) is 0 Å². The van der Waals surface area contributed by atoms with Gasteiger partial charge in [0.05, 0.1) is 19.3 Å². The van der Waals surface area contributed by atoms with E-state index in [-0.39, 0.29) is 5.91 Å². The monoisotopic (exact) mass is 227 g/mol. The molecule has 1 unspecified atom stereocenters. The van der Waals surface area contributed by atoms with Gasteiger partial charge in [0.1, 0.15) is 0 Å². The maximum atomic E-state index is 11.4. The topological polar surface area (TPSA) is 67.6 Å². The van der Waals surface area contributed by atoms with E-state index >= 15 is 0 Å². The van der Waals surface area contributed by atoms with Gasteiger partial charge in [-0.2, -0.15) is 0 Å². The smallest absolute Gasteiger partial charge is 0.237 e. The molecule has 1 saturated heterocycles.